The summed E-state index contributed by atoms with van der Waals surface area (Å²) in [4.78, 5) is 6.71. The highest BCUT2D eigenvalue weighted by atomic mass is 16.5. The Morgan fingerprint density at radius 1 is 1.50 bits per heavy atom. The molecule has 1 heterocycles. The molecule has 1 aromatic heterocycles. The maximum Gasteiger partial charge on any atom is 0.239 e. The summed E-state index contributed by atoms with van der Waals surface area (Å²) in [5.74, 6) is 1.78. The summed E-state index contributed by atoms with van der Waals surface area (Å²) >= 11 is 0. The molecule has 0 radical (unpaired) electrons. The number of hydrogen-bond donors (Lipinski definition) is 1. The fourth-order valence-corrected chi connectivity index (χ4v) is 2.00. The normalized spacial score (nSPS) is 14.1. The molecule has 0 bridgehead atoms. The van der Waals surface area contributed by atoms with E-state index in [1.54, 1.807) is 0 Å². The average Bonchev–Trinajstić information content (AvgIpc) is 3.23. The molecular weight excluding hydrogens is 252 g/mol. The molecule has 1 aliphatic rings. The molecule has 2 N–H and O–H groups in total. The van der Waals surface area contributed by atoms with Crippen LogP contribution in [0.5, 0.6) is 5.88 Å². The van der Waals surface area contributed by atoms with Crippen LogP contribution >= 0.6 is 0 Å². The smallest absolute Gasteiger partial charge is 0.239 e. The zero-order valence-corrected chi connectivity index (χ0v) is 12.2. The molecule has 0 saturated heterocycles. The van der Waals surface area contributed by atoms with Crippen molar-refractivity contribution >= 4 is 11.5 Å². The third-order valence-electron chi connectivity index (χ3n) is 3.17. The predicted octanol–water partition coefficient (Wildman–Crippen LogP) is 2.58. The molecule has 0 unspecified atom stereocenters. The first-order valence-corrected chi connectivity index (χ1v) is 7.14. The first kappa shape index (κ1) is 14.4. The number of ether oxygens (including phenoxy) is 1. The van der Waals surface area contributed by atoms with Gasteiger partial charge in [-0.05, 0) is 30.9 Å². The highest BCUT2D eigenvalue weighted by Gasteiger charge is 2.30. The zero-order valence-electron chi connectivity index (χ0n) is 12.2. The van der Waals surface area contributed by atoms with Crippen LogP contribution < -0.4 is 15.4 Å². The molecule has 1 aliphatic carbocycles. The maximum atomic E-state index is 8.77. The molecule has 2 rings (SSSR count). The lowest BCUT2D eigenvalue weighted by atomic mass is 10.2. The Hall–Kier alpha value is -1.96. The van der Waals surface area contributed by atoms with Gasteiger partial charge in [0.05, 0.1) is 24.8 Å². The van der Waals surface area contributed by atoms with Crippen LogP contribution in [0.25, 0.3) is 0 Å². The minimum Gasteiger partial charge on any atom is -0.476 e. The van der Waals surface area contributed by atoms with Gasteiger partial charge in [0.25, 0.3) is 0 Å². The van der Waals surface area contributed by atoms with E-state index in [2.05, 4.69) is 29.8 Å². The highest BCUT2D eigenvalue weighted by molar-refractivity contribution is 5.55. The maximum absolute atomic E-state index is 8.77. The third kappa shape index (κ3) is 3.77. The van der Waals surface area contributed by atoms with Crippen molar-refractivity contribution < 1.29 is 4.74 Å². The fraction of sp³-hybridized carbons (Fsp3) is 0.600. The van der Waals surface area contributed by atoms with Crippen molar-refractivity contribution in [1.29, 1.82) is 5.26 Å². The van der Waals surface area contributed by atoms with Gasteiger partial charge in [-0.1, -0.05) is 13.8 Å². The Kier molecular flexibility index (Phi) is 4.67. The van der Waals surface area contributed by atoms with Crippen molar-refractivity contribution in [2.45, 2.75) is 39.2 Å². The molecule has 0 amide bonds. The first-order chi connectivity index (χ1) is 9.61. The quantitative estimate of drug-likeness (QED) is 0.827. The Morgan fingerprint density at radius 2 is 2.25 bits per heavy atom. The number of nitrogens with zero attached hydrogens (tertiary/aromatic N) is 3. The van der Waals surface area contributed by atoms with Gasteiger partial charge < -0.3 is 15.4 Å². The molecule has 108 valence electrons. The Morgan fingerprint density at radius 3 is 2.85 bits per heavy atom. The van der Waals surface area contributed by atoms with E-state index in [0.717, 1.165) is 5.82 Å². The summed E-state index contributed by atoms with van der Waals surface area (Å²) in [6.45, 7) is 5.48. The van der Waals surface area contributed by atoms with Gasteiger partial charge in [0.2, 0.25) is 5.88 Å². The zero-order chi connectivity index (χ0) is 14.5. The van der Waals surface area contributed by atoms with E-state index >= 15 is 0 Å². The van der Waals surface area contributed by atoms with Gasteiger partial charge in [-0.25, -0.2) is 0 Å². The largest absolute Gasteiger partial charge is 0.476 e. The number of nitriles is 1. The van der Waals surface area contributed by atoms with Crippen LogP contribution in [0, 0.1) is 17.2 Å². The van der Waals surface area contributed by atoms with Crippen molar-refractivity contribution in [3.8, 4) is 11.9 Å². The van der Waals surface area contributed by atoms with Gasteiger partial charge in [0.15, 0.2) is 0 Å². The van der Waals surface area contributed by atoms with E-state index in [1.165, 1.54) is 12.8 Å². The summed E-state index contributed by atoms with van der Waals surface area (Å²) in [5, 5.41) is 8.77. The number of aromatic nitrogens is 1. The van der Waals surface area contributed by atoms with E-state index in [1.807, 2.05) is 12.1 Å². The number of pyridine rings is 1. The Labute approximate surface area is 120 Å². The Balaban J connectivity index is 2.13. The van der Waals surface area contributed by atoms with Gasteiger partial charge >= 0.3 is 0 Å². The lowest BCUT2D eigenvalue weighted by Gasteiger charge is -2.23. The fourth-order valence-electron chi connectivity index (χ4n) is 2.00. The lowest BCUT2D eigenvalue weighted by molar-refractivity contribution is 0.263. The molecule has 5 heteroatoms. The minimum absolute atomic E-state index is 0.429. The molecule has 0 atom stereocenters. The second-order valence-electron chi connectivity index (χ2n) is 5.60. The summed E-state index contributed by atoms with van der Waals surface area (Å²) in [5.41, 5.74) is 6.47. The monoisotopic (exact) mass is 274 g/mol. The van der Waals surface area contributed by atoms with Crippen LogP contribution in [-0.2, 0) is 0 Å². The molecule has 0 aliphatic heterocycles. The van der Waals surface area contributed by atoms with Crippen LogP contribution in [0.15, 0.2) is 12.1 Å². The van der Waals surface area contributed by atoms with Crippen molar-refractivity contribution in [2.24, 2.45) is 5.92 Å². The van der Waals surface area contributed by atoms with Crippen LogP contribution in [-0.4, -0.2) is 24.2 Å². The number of nitrogens with two attached hydrogens (primary N) is 1. The van der Waals surface area contributed by atoms with Crippen molar-refractivity contribution in [2.75, 3.05) is 23.8 Å². The molecule has 1 saturated carbocycles. The van der Waals surface area contributed by atoms with Crippen LogP contribution in [0.1, 0.15) is 33.1 Å². The average molecular weight is 274 g/mol. The molecule has 1 aromatic rings. The van der Waals surface area contributed by atoms with Gasteiger partial charge in [-0.3, -0.25) is 0 Å². The number of rotatable bonds is 7. The van der Waals surface area contributed by atoms with Crippen molar-refractivity contribution in [3.05, 3.63) is 12.1 Å². The minimum atomic E-state index is 0.429. The van der Waals surface area contributed by atoms with Crippen LogP contribution in [0.3, 0.4) is 0 Å². The molecule has 0 aromatic carbocycles. The second kappa shape index (κ2) is 6.47. The van der Waals surface area contributed by atoms with E-state index in [4.69, 9.17) is 15.7 Å². The van der Waals surface area contributed by atoms with Crippen LogP contribution in [0.4, 0.5) is 11.5 Å². The predicted molar refractivity (Wildman–Crippen MR) is 79.6 cm³/mol. The van der Waals surface area contributed by atoms with Gasteiger partial charge in [-0.15, -0.1) is 0 Å². The number of hydrogen-bond acceptors (Lipinski definition) is 5. The summed E-state index contributed by atoms with van der Waals surface area (Å²) < 4.78 is 5.67. The third-order valence-corrected chi connectivity index (χ3v) is 3.17. The lowest BCUT2D eigenvalue weighted by Crippen LogP contribution is -2.27. The molecule has 0 spiro atoms. The highest BCUT2D eigenvalue weighted by Crippen LogP contribution is 2.32. The van der Waals surface area contributed by atoms with E-state index < -0.39 is 0 Å². The van der Waals surface area contributed by atoms with Crippen molar-refractivity contribution in [3.63, 3.8) is 0 Å². The molecule has 1 fully saturated rings. The van der Waals surface area contributed by atoms with Gasteiger partial charge in [0.1, 0.15) is 5.82 Å². The van der Waals surface area contributed by atoms with Gasteiger partial charge in [-0.2, -0.15) is 10.2 Å². The molecular formula is C15H22N4O. The summed E-state index contributed by atoms with van der Waals surface area (Å²) in [6.07, 6.45) is 2.84. The molecule has 20 heavy (non-hydrogen) atoms. The van der Waals surface area contributed by atoms with E-state index in [0.29, 0.717) is 43.1 Å². The Bertz CT molecular complexity index is 491. The van der Waals surface area contributed by atoms with Crippen LogP contribution in [0.2, 0.25) is 0 Å². The number of anilines is 2. The standard InChI is InChI=1S/C15H22N4O/c1-11(2)10-20-15-13(17)6-7-14(18-15)19(9-3-8-16)12-4-5-12/h6-7,11-12H,3-5,9-10,17H2,1-2H3. The molecule has 5 nitrogen and oxygen atoms in total. The summed E-state index contributed by atoms with van der Waals surface area (Å²) in [7, 11) is 0. The second-order valence-corrected chi connectivity index (χ2v) is 5.60. The van der Waals surface area contributed by atoms with Gasteiger partial charge in [0, 0.05) is 12.6 Å². The SMILES string of the molecule is CC(C)COc1nc(N(CCC#N)C2CC2)ccc1N. The first-order valence-electron chi connectivity index (χ1n) is 7.14. The topological polar surface area (TPSA) is 75.2 Å². The summed E-state index contributed by atoms with van der Waals surface area (Å²) in [6, 6.07) is 6.45. The number of nitrogen functional groups attached to an aromatic ring is 1. The van der Waals surface area contributed by atoms with E-state index in [-0.39, 0.29) is 0 Å². The van der Waals surface area contributed by atoms with E-state index in [9.17, 15) is 0 Å². The van der Waals surface area contributed by atoms with Crippen molar-refractivity contribution in [1.82, 2.24) is 4.98 Å².